The molecule has 20 heavy (non-hydrogen) atoms. The summed E-state index contributed by atoms with van der Waals surface area (Å²) >= 11 is 1.62. The quantitative estimate of drug-likeness (QED) is 0.813. The van der Waals surface area contributed by atoms with Gasteiger partial charge in [-0.05, 0) is 22.4 Å². The number of rotatable bonds is 4. The molecular weight excluding hydrogens is 274 g/mol. The Balaban J connectivity index is 1.76. The average molecular weight is 295 g/mol. The number of hydrogen-bond donors (Lipinski definition) is 0. The van der Waals surface area contributed by atoms with E-state index in [1.807, 2.05) is 21.7 Å². The maximum atomic E-state index is 12.1. The third-order valence-electron chi connectivity index (χ3n) is 3.52. The van der Waals surface area contributed by atoms with Crippen molar-refractivity contribution in [3.05, 3.63) is 22.4 Å². The standard InChI is InChI=1S/C14H21N3O2S/c1-15(2)14(19)10-16-4-6-17(7-5-16)13(18)9-12-3-8-20-11-12/h3,8,11H,4-7,9-10H2,1-2H3. The highest BCUT2D eigenvalue weighted by atomic mass is 32.1. The summed E-state index contributed by atoms with van der Waals surface area (Å²) in [6.45, 7) is 3.41. The number of carbonyl (C=O) groups is 2. The fraction of sp³-hybridized carbons (Fsp3) is 0.571. The molecule has 0 atom stereocenters. The molecule has 0 N–H and O–H groups in total. The van der Waals surface area contributed by atoms with Crippen LogP contribution >= 0.6 is 11.3 Å². The first-order valence-corrected chi connectivity index (χ1v) is 7.72. The third kappa shape index (κ3) is 4.05. The van der Waals surface area contributed by atoms with E-state index in [1.165, 1.54) is 0 Å². The average Bonchev–Trinajstić information content (AvgIpc) is 2.92. The van der Waals surface area contributed by atoms with Gasteiger partial charge in [0.25, 0.3) is 0 Å². The van der Waals surface area contributed by atoms with Crippen LogP contribution in [0, 0.1) is 0 Å². The van der Waals surface area contributed by atoms with Crippen molar-refractivity contribution in [2.24, 2.45) is 0 Å². The first kappa shape index (κ1) is 15.0. The summed E-state index contributed by atoms with van der Waals surface area (Å²) in [6, 6.07) is 1.99. The lowest BCUT2D eigenvalue weighted by molar-refractivity contribution is -0.133. The first-order valence-electron chi connectivity index (χ1n) is 6.77. The first-order chi connectivity index (χ1) is 9.56. The van der Waals surface area contributed by atoms with Gasteiger partial charge in [-0.3, -0.25) is 14.5 Å². The van der Waals surface area contributed by atoms with Crippen molar-refractivity contribution in [1.82, 2.24) is 14.7 Å². The second-order valence-electron chi connectivity index (χ2n) is 5.25. The second-order valence-corrected chi connectivity index (χ2v) is 6.03. The number of amides is 2. The molecule has 0 radical (unpaired) electrons. The van der Waals surface area contributed by atoms with E-state index >= 15 is 0 Å². The largest absolute Gasteiger partial charge is 0.348 e. The summed E-state index contributed by atoms with van der Waals surface area (Å²) in [4.78, 5) is 29.4. The Morgan fingerprint density at radius 2 is 1.95 bits per heavy atom. The SMILES string of the molecule is CN(C)C(=O)CN1CCN(C(=O)Cc2ccsc2)CC1. The molecule has 1 aliphatic rings. The second kappa shape index (κ2) is 6.85. The van der Waals surface area contributed by atoms with E-state index in [2.05, 4.69) is 4.90 Å². The molecule has 0 aliphatic carbocycles. The molecule has 5 nitrogen and oxygen atoms in total. The molecule has 0 saturated carbocycles. The van der Waals surface area contributed by atoms with Crippen LogP contribution in [-0.2, 0) is 16.0 Å². The Kier molecular flexibility index (Phi) is 5.14. The van der Waals surface area contributed by atoms with Crippen molar-refractivity contribution in [3.63, 3.8) is 0 Å². The predicted octanol–water partition coefficient (Wildman–Crippen LogP) is 0.523. The van der Waals surface area contributed by atoms with Crippen LogP contribution in [0.15, 0.2) is 16.8 Å². The van der Waals surface area contributed by atoms with E-state index in [-0.39, 0.29) is 11.8 Å². The molecule has 0 bridgehead atoms. The Bertz CT molecular complexity index is 451. The topological polar surface area (TPSA) is 43.9 Å². The fourth-order valence-corrected chi connectivity index (χ4v) is 2.84. The van der Waals surface area contributed by atoms with E-state index in [1.54, 1.807) is 30.3 Å². The lowest BCUT2D eigenvalue weighted by Crippen LogP contribution is -2.51. The van der Waals surface area contributed by atoms with Gasteiger partial charge >= 0.3 is 0 Å². The summed E-state index contributed by atoms with van der Waals surface area (Å²) in [5.41, 5.74) is 1.09. The van der Waals surface area contributed by atoms with Gasteiger partial charge in [0.2, 0.25) is 11.8 Å². The van der Waals surface area contributed by atoms with Crippen molar-refractivity contribution in [3.8, 4) is 0 Å². The van der Waals surface area contributed by atoms with Crippen LogP contribution in [0.1, 0.15) is 5.56 Å². The Labute approximate surface area is 123 Å². The predicted molar refractivity (Wildman–Crippen MR) is 79.7 cm³/mol. The lowest BCUT2D eigenvalue weighted by atomic mass is 10.2. The third-order valence-corrected chi connectivity index (χ3v) is 4.25. The van der Waals surface area contributed by atoms with E-state index in [4.69, 9.17) is 0 Å². The van der Waals surface area contributed by atoms with Crippen molar-refractivity contribution in [1.29, 1.82) is 0 Å². The molecule has 1 saturated heterocycles. The highest BCUT2D eigenvalue weighted by molar-refractivity contribution is 7.07. The van der Waals surface area contributed by atoms with Crippen LogP contribution in [0.25, 0.3) is 0 Å². The van der Waals surface area contributed by atoms with E-state index in [0.717, 1.165) is 18.7 Å². The van der Waals surface area contributed by atoms with E-state index in [9.17, 15) is 9.59 Å². The molecule has 1 aromatic heterocycles. The minimum absolute atomic E-state index is 0.114. The summed E-state index contributed by atoms with van der Waals surface area (Å²) < 4.78 is 0. The van der Waals surface area contributed by atoms with Crippen molar-refractivity contribution >= 4 is 23.2 Å². The van der Waals surface area contributed by atoms with Crippen LogP contribution in [0.4, 0.5) is 0 Å². The number of thiophene rings is 1. The van der Waals surface area contributed by atoms with Gasteiger partial charge in [0, 0.05) is 40.3 Å². The van der Waals surface area contributed by atoms with Crippen molar-refractivity contribution in [2.45, 2.75) is 6.42 Å². The molecule has 0 unspecified atom stereocenters. The van der Waals surface area contributed by atoms with Gasteiger partial charge in [0.15, 0.2) is 0 Å². The fourth-order valence-electron chi connectivity index (χ4n) is 2.17. The molecule has 110 valence electrons. The molecule has 1 aromatic rings. The molecule has 6 heteroatoms. The summed E-state index contributed by atoms with van der Waals surface area (Å²) in [5, 5.41) is 4.01. The molecule has 0 spiro atoms. The van der Waals surface area contributed by atoms with Gasteiger partial charge in [0.1, 0.15) is 0 Å². The van der Waals surface area contributed by atoms with Gasteiger partial charge < -0.3 is 9.80 Å². The van der Waals surface area contributed by atoms with Gasteiger partial charge in [0.05, 0.1) is 13.0 Å². The van der Waals surface area contributed by atoms with E-state index in [0.29, 0.717) is 26.1 Å². The molecule has 2 heterocycles. The zero-order chi connectivity index (χ0) is 14.5. The van der Waals surface area contributed by atoms with Crippen LogP contribution in [0.3, 0.4) is 0 Å². The normalized spacial score (nSPS) is 16.2. The van der Waals surface area contributed by atoms with Crippen LogP contribution < -0.4 is 0 Å². The monoisotopic (exact) mass is 295 g/mol. The summed E-state index contributed by atoms with van der Waals surface area (Å²) in [6.07, 6.45) is 0.486. The van der Waals surface area contributed by atoms with Gasteiger partial charge in [-0.15, -0.1) is 0 Å². The molecule has 0 aromatic carbocycles. The van der Waals surface area contributed by atoms with Gasteiger partial charge in [-0.2, -0.15) is 11.3 Å². The summed E-state index contributed by atoms with van der Waals surface area (Å²) in [7, 11) is 3.53. The Morgan fingerprint density at radius 3 is 2.50 bits per heavy atom. The Morgan fingerprint density at radius 1 is 1.25 bits per heavy atom. The van der Waals surface area contributed by atoms with E-state index < -0.39 is 0 Å². The van der Waals surface area contributed by atoms with Crippen LogP contribution in [0.5, 0.6) is 0 Å². The van der Waals surface area contributed by atoms with Gasteiger partial charge in [-0.25, -0.2) is 0 Å². The molecule has 2 rings (SSSR count). The maximum Gasteiger partial charge on any atom is 0.236 e. The number of nitrogens with zero attached hydrogens (tertiary/aromatic N) is 3. The number of carbonyl (C=O) groups excluding carboxylic acids is 2. The zero-order valence-electron chi connectivity index (χ0n) is 12.0. The number of piperazine rings is 1. The summed E-state index contributed by atoms with van der Waals surface area (Å²) in [5.74, 6) is 0.296. The van der Waals surface area contributed by atoms with Crippen LogP contribution in [0.2, 0.25) is 0 Å². The molecular formula is C14H21N3O2S. The molecule has 1 fully saturated rings. The highest BCUT2D eigenvalue weighted by Gasteiger charge is 2.22. The maximum absolute atomic E-state index is 12.1. The highest BCUT2D eigenvalue weighted by Crippen LogP contribution is 2.10. The van der Waals surface area contributed by atoms with Crippen LogP contribution in [-0.4, -0.2) is 73.3 Å². The smallest absolute Gasteiger partial charge is 0.236 e. The van der Waals surface area contributed by atoms with Gasteiger partial charge in [-0.1, -0.05) is 0 Å². The minimum Gasteiger partial charge on any atom is -0.348 e. The molecule has 1 aliphatic heterocycles. The van der Waals surface area contributed by atoms with Crippen molar-refractivity contribution < 1.29 is 9.59 Å². The zero-order valence-corrected chi connectivity index (χ0v) is 12.9. The lowest BCUT2D eigenvalue weighted by Gasteiger charge is -2.34. The number of hydrogen-bond acceptors (Lipinski definition) is 4. The Hall–Kier alpha value is -1.40. The molecule has 2 amide bonds. The minimum atomic E-state index is 0.114. The number of likely N-dealkylation sites (N-methyl/N-ethyl adjacent to an activating group) is 1. The van der Waals surface area contributed by atoms with Crippen molar-refractivity contribution in [2.75, 3.05) is 46.8 Å².